The minimum Gasteiger partial charge on any atom is -0.481 e. The quantitative estimate of drug-likeness (QED) is 0.367. The van der Waals surface area contributed by atoms with Gasteiger partial charge in [0.2, 0.25) is 23.6 Å². The molecule has 1 aromatic rings. The Hall–Kier alpha value is -3.43. The van der Waals surface area contributed by atoms with Crippen molar-refractivity contribution in [1.29, 1.82) is 0 Å². The van der Waals surface area contributed by atoms with Gasteiger partial charge in [0, 0.05) is 19.4 Å². The lowest BCUT2D eigenvalue weighted by molar-refractivity contribution is -0.144. The van der Waals surface area contributed by atoms with Gasteiger partial charge in [0.05, 0.1) is 0 Å². The van der Waals surface area contributed by atoms with Crippen molar-refractivity contribution < 1.29 is 29.1 Å². The Kier molecular flexibility index (Phi) is 10.0. The van der Waals surface area contributed by atoms with Gasteiger partial charge in [-0.25, -0.2) is 0 Å². The number of carbonyl (C=O) groups is 5. The lowest BCUT2D eigenvalue weighted by Crippen LogP contribution is -2.62. The molecule has 2 heterocycles. The summed E-state index contributed by atoms with van der Waals surface area (Å²) in [6, 6.07) is 5.91. The third-order valence-corrected chi connectivity index (χ3v) is 7.00. The van der Waals surface area contributed by atoms with E-state index in [0.29, 0.717) is 45.1 Å². The van der Waals surface area contributed by atoms with Crippen LogP contribution in [-0.4, -0.2) is 70.3 Å². The third-order valence-electron chi connectivity index (χ3n) is 7.00. The summed E-state index contributed by atoms with van der Waals surface area (Å²) in [6.45, 7) is 4.09. The maximum atomic E-state index is 13.5. The summed E-state index contributed by atoms with van der Waals surface area (Å²) in [7, 11) is 0. The Labute approximate surface area is 217 Å². The summed E-state index contributed by atoms with van der Waals surface area (Å²) >= 11 is 0. The standard InChI is InChI=1S/C27H38N4O6/c1-17(2)23-27(37)31-15-9-13-21(31)26(36)28-19(12-7-4-8-14-22(32)33)24(34)29-20(25(35)30-23)16-18-10-5-3-6-11-18/h3,5-6,10-11,17,19-21,23H,4,7-9,12-16H2,1-2H3,(H,28,36)(H,29,34)(H,30,35)(H,32,33)/t19-,20-,21+,23-/m0/s1. The van der Waals surface area contributed by atoms with Gasteiger partial charge in [-0.2, -0.15) is 0 Å². The molecule has 0 aliphatic carbocycles. The van der Waals surface area contributed by atoms with E-state index in [1.54, 1.807) is 0 Å². The lowest BCUT2D eigenvalue weighted by Gasteiger charge is -2.33. The molecule has 10 nitrogen and oxygen atoms in total. The van der Waals surface area contributed by atoms with Gasteiger partial charge in [-0.05, 0) is 37.2 Å². The van der Waals surface area contributed by atoms with E-state index < -0.39 is 42.0 Å². The number of carboxylic acids is 1. The number of hydrogen-bond donors (Lipinski definition) is 4. The fourth-order valence-corrected chi connectivity index (χ4v) is 4.92. The van der Waals surface area contributed by atoms with Gasteiger partial charge < -0.3 is 26.0 Å². The van der Waals surface area contributed by atoms with Crippen molar-refractivity contribution in [2.75, 3.05) is 6.54 Å². The molecule has 0 bridgehead atoms. The van der Waals surface area contributed by atoms with Crippen molar-refractivity contribution in [2.45, 2.75) is 89.4 Å². The molecule has 1 aromatic carbocycles. The van der Waals surface area contributed by atoms with E-state index in [-0.39, 0.29) is 30.6 Å². The summed E-state index contributed by atoms with van der Waals surface area (Å²) < 4.78 is 0. The molecule has 0 unspecified atom stereocenters. The fourth-order valence-electron chi connectivity index (χ4n) is 4.92. The predicted molar refractivity (Wildman–Crippen MR) is 136 cm³/mol. The van der Waals surface area contributed by atoms with Crippen molar-refractivity contribution in [1.82, 2.24) is 20.9 Å². The molecular weight excluding hydrogens is 476 g/mol. The first-order valence-electron chi connectivity index (χ1n) is 13.1. The molecule has 4 atom stereocenters. The first-order chi connectivity index (χ1) is 17.7. The largest absolute Gasteiger partial charge is 0.481 e. The highest BCUT2D eigenvalue weighted by Crippen LogP contribution is 2.22. The van der Waals surface area contributed by atoms with Gasteiger partial charge in [0.1, 0.15) is 24.2 Å². The molecule has 0 saturated carbocycles. The van der Waals surface area contributed by atoms with Crippen molar-refractivity contribution >= 4 is 29.6 Å². The van der Waals surface area contributed by atoms with Crippen molar-refractivity contribution in [3.05, 3.63) is 35.9 Å². The first kappa shape index (κ1) is 28.1. The minimum absolute atomic E-state index is 0.0404. The normalized spacial score (nSPS) is 25.0. The number of unbranched alkanes of at least 4 members (excludes halogenated alkanes) is 2. The van der Waals surface area contributed by atoms with E-state index in [9.17, 15) is 24.0 Å². The Morgan fingerprint density at radius 1 is 0.946 bits per heavy atom. The van der Waals surface area contributed by atoms with Gasteiger partial charge in [-0.15, -0.1) is 0 Å². The van der Waals surface area contributed by atoms with Gasteiger partial charge in [-0.1, -0.05) is 57.0 Å². The molecule has 2 fully saturated rings. The van der Waals surface area contributed by atoms with Crippen LogP contribution in [0.2, 0.25) is 0 Å². The van der Waals surface area contributed by atoms with E-state index in [1.165, 1.54) is 4.90 Å². The van der Waals surface area contributed by atoms with Crippen LogP contribution < -0.4 is 16.0 Å². The summed E-state index contributed by atoms with van der Waals surface area (Å²) in [4.78, 5) is 65.9. The van der Waals surface area contributed by atoms with E-state index in [4.69, 9.17) is 5.11 Å². The summed E-state index contributed by atoms with van der Waals surface area (Å²) in [5.41, 5.74) is 0.844. The number of fused-ring (bicyclic) bond motifs is 1. The number of rotatable bonds is 9. The first-order valence-corrected chi connectivity index (χ1v) is 13.1. The minimum atomic E-state index is -0.941. The second-order valence-corrected chi connectivity index (χ2v) is 10.2. The van der Waals surface area contributed by atoms with Crippen LogP contribution in [0.5, 0.6) is 0 Å². The van der Waals surface area contributed by atoms with Crippen LogP contribution >= 0.6 is 0 Å². The Morgan fingerprint density at radius 2 is 1.62 bits per heavy atom. The highest BCUT2D eigenvalue weighted by Gasteiger charge is 2.41. The molecule has 0 aromatic heterocycles. The third kappa shape index (κ3) is 7.77. The number of hydrogen-bond acceptors (Lipinski definition) is 5. The summed E-state index contributed by atoms with van der Waals surface area (Å²) in [6.07, 6.45) is 3.30. The zero-order valence-electron chi connectivity index (χ0n) is 21.6. The predicted octanol–water partition coefficient (Wildman–Crippen LogP) is 1.38. The lowest BCUT2D eigenvalue weighted by atomic mass is 9.98. The van der Waals surface area contributed by atoms with E-state index in [2.05, 4.69) is 16.0 Å². The van der Waals surface area contributed by atoms with Crippen LogP contribution in [-0.2, 0) is 30.4 Å². The highest BCUT2D eigenvalue weighted by molar-refractivity contribution is 5.98. The van der Waals surface area contributed by atoms with Crippen LogP contribution in [0, 0.1) is 5.92 Å². The van der Waals surface area contributed by atoms with Gasteiger partial charge in [0.25, 0.3) is 0 Å². The zero-order chi connectivity index (χ0) is 26.9. The molecule has 4 amide bonds. The SMILES string of the molecule is CC(C)[C@@H]1NC(=O)[C@H](Cc2ccccc2)NC(=O)[C@H](CCCCCC(=O)O)NC(=O)[C@H]2CCCN2C1=O. The maximum absolute atomic E-state index is 13.5. The topological polar surface area (TPSA) is 145 Å². The molecule has 37 heavy (non-hydrogen) atoms. The van der Waals surface area contributed by atoms with Crippen LogP contribution in [0.4, 0.5) is 0 Å². The molecule has 202 valence electrons. The van der Waals surface area contributed by atoms with Gasteiger partial charge in [0.15, 0.2) is 0 Å². The zero-order valence-corrected chi connectivity index (χ0v) is 21.6. The second kappa shape index (κ2) is 13.2. The van der Waals surface area contributed by atoms with Crippen molar-refractivity contribution in [2.24, 2.45) is 5.92 Å². The molecule has 3 rings (SSSR count). The molecule has 2 aliphatic rings. The van der Waals surface area contributed by atoms with Crippen LogP contribution in [0.3, 0.4) is 0 Å². The number of nitrogens with one attached hydrogen (secondary N) is 3. The molecule has 2 aliphatic heterocycles. The van der Waals surface area contributed by atoms with Gasteiger partial charge >= 0.3 is 5.97 Å². The smallest absolute Gasteiger partial charge is 0.303 e. The van der Waals surface area contributed by atoms with Crippen LogP contribution in [0.25, 0.3) is 0 Å². The molecule has 4 N–H and O–H groups in total. The Balaban J connectivity index is 1.87. The van der Waals surface area contributed by atoms with Crippen LogP contribution in [0.15, 0.2) is 30.3 Å². The second-order valence-electron chi connectivity index (χ2n) is 10.2. The number of benzene rings is 1. The molecule has 0 spiro atoms. The highest BCUT2D eigenvalue weighted by atomic mass is 16.4. The number of carbonyl (C=O) groups excluding carboxylic acids is 4. The maximum Gasteiger partial charge on any atom is 0.303 e. The number of aliphatic carboxylic acids is 1. The molecular formula is C27H38N4O6. The monoisotopic (exact) mass is 514 g/mol. The fraction of sp³-hybridized carbons (Fsp3) is 0.593. The summed E-state index contributed by atoms with van der Waals surface area (Å²) in [5, 5.41) is 17.4. The van der Waals surface area contributed by atoms with E-state index in [1.807, 2.05) is 44.2 Å². The van der Waals surface area contributed by atoms with Crippen molar-refractivity contribution in [3.8, 4) is 0 Å². The summed E-state index contributed by atoms with van der Waals surface area (Å²) in [5.74, 6) is -2.69. The van der Waals surface area contributed by atoms with Crippen molar-refractivity contribution in [3.63, 3.8) is 0 Å². The Bertz CT molecular complexity index is 982. The molecule has 2 saturated heterocycles. The average Bonchev–Trinajstić information content (AvgIpc) is 3.35. The van der Waals surface area contributed by atoms with Crippen LogP contribution in [0.1, 0.15) is 64.4 Å². The average molecular weight is 515 g/mol. The number of carboxylic acid groups (broad SMARTS) is 1. The van der Waals surface area contributed by atoms with E-state index >= 15 is 0 Å². The molecule has 10 heteroatoms. The van der Waals surface area contributed by atoms with Gasteiger partial charge in [-0.3, -0.25) is 24.0 Å². The Morgan fingerprint density at radius 3 is 2.30 bits per heavy atom. The molecule has 0 radical (unpaired) electrons. The number of nitrogens with zero attached hydrogens (tertiary/aromatic N) is 1. The number of amides is 4. The van der Waals surface area contributed by atoms with E-state index in [0.717, 1.165) is 5.56 Å².